The van der Waals surface area contributed by atoms with Crippen LogP contribution in [0, 0.1) is 24.2 Å². The molecule has 18 heavy (non-hydrogen) atoms. The summed E-state index contributed by atoms with van der Waals surface area (Å²) in [7, 11) is 0. The highest BCUT2D eigenvalue weighted by atomic mass is 16.1. The quantitative estimate of drug-likeness (QED) is 0.717. The predicted octanol–water partition coefficient (Wildman–Crippen LogP) is 3.51. The fourth-order valence-corrected chi connectivity index (χ4v) is 2.79. The van der Waals surface area contributed by atoms with Gasteiger partial charge in [0.1, 0.15) is 0 Å². The van der Waals surface area contributed by atoms with Gasteiger partial charge in [-0.05, 0) is 38.5 Å². The summed E-state index contributed by atoms with van der Waals surface area (Å²) in [5.74, 6) is 3.89. The van der Waals surface area contributed by atoms with Crippen molar-refractivity contribution in [3.8, 4) is 12.3 Å². The largest absolute Gasteiger partial charge is 0.352 e. The van der Waals surface area contributed by atoms with Crippen LogP contribution in [0.4, 0.5) is 0 Å². The fraction of sp³-hybridized carbons (Fsp3) is 0.812. The first-order valence-corrected chi connectivity index (χ1v) is 7.41. The second-order valence-corrected chi connectivity index (χ2v) is 5.68. The molecular formula is C16H27NO. The minimum atomic E-state index is 0.111. The number of hydrogen-bond donors (Lipinski definition) is 1. The smallest absolute Gasteiger partial charge is 0.223 e. The minimum absolute atomic E-state index is 0.111. The molecule has 0 aromatic carbocycles. The third-order valence-corrected chi connectivity index (χ3v) is 4.00. The van der Waals surface area contributed by atoms with Crippen LogP contribution in [0.3, 0.4) is 0 Å². The van der Waals surface area contributed by atoms with Crippen molar-refractivity contribution in [3.05, 3.63) is 0 Å². The van der Waals surface area contributed by atoms with Crippen LogP contribution in [-0.4, -0.2) is 11.9 Å². The maximum absolute atomic E-state index is 12.0. The number of nitrogens with one attached hydrogen (secondary N) is 1. The SMILES string of the molecule is C#CCC(C)NC(=O)C1CCC(CCCC)CC1. The Kier molecular flexibility index (Phi) is 6.86. The van der Waals surface area contributed by atoms with Gasteiger partial charge in [0.05, 0.1) is 0 Å². The van der Waals surface area contributed by atoms with E-state index in [0.717, 1.165) is 18.8 Å². The monoisotopic (exact) mass is 249 g/mol. The first-order valence-electron chi connectivity index (χ1n) is 7.41. The number of carbonyl (C=O) groups excluding carboxylic acids is 1. The summed E-state index contributed by atoms with van der Waals surface area (Å²) < 4.78 is 0. The first kappa shape index (κ1) is 15.1. The van der Waals surface area contributed by atoms with Gasteiger partial charge in [-0.25, -0.2) is 0 Å². The summed E-state index contributed by atoms with van der Waals surface area (Å²) in [6.07, 6.45) is 14.4. The molecule has 0 aliphatic heterocycles. The van der Waals surface area contributed by atoms with Crippen molar-refractivity contribution in [2.24, 2.45) is 11.8 Å². The zero-order valence-electron chi connectivity index (χ0n) is 11.9. The van der Waals surface area contributed by atoms with Crippen molar-refractivity contribution in [1.29, 1.82) is 0 Å². The van der Waals surface area contributed by atoms with Crippen molar-refractivity contribution in [1.82, 2.24) is 5.32 Å². The molecule has 1 rings (SSSR count). The van der Waals surface area contributed by atoms with Gasteiger partial charge in [0.15, 0.2) is 0 Å². The van der Waals surface area contributed by atoms with Gasteiger partial charge >= 0.3 is 0 Å². The van der Waals surface area contributed by atoms with Crippen LogP contribution in [0.2, 0.25) is 0 Å². The number of rotatable bonds is 6. The fourth-order valence-electron chi connectivity index (χ4n) is 2.79. The Labute approximate surface area is 112 Å². The average Bonchev–Trinajstić information content (AvgIpc) is 2.37. The minimum Gasteiger partial charge on any atom is -0.352 e. The van der Waals surface area contributed by atoms with Crippen LogP contribution in [0.5, 0.6) is 0 Å². The second-order valence-electron chi connectivity index (χ2n) is 5.68. The highest BCUT2D eigenvalue weighted by Gasteiger charge is 2.26. The molecule has 1 amide bonds. The van der Waals surface area contributed by atoms with Gasteiger partial charge in [-0.2, -0.15) is 0 Å². The maximum Gasteiger partial charge on any atom is 0.223 e. The molecule has 1 N–H and O–H groups in total. The molecule has 1 saturated carbocycles. The van der Waals surface area contributed by atoms with Crippen LogP contribution < -0.4 is 5.32 Å². The first-order chi connectivity index (χ1) is 8.67. The molecule has 0 aromatic heterocycles. The summed E-state index contributed by atoms with van der Waals surface area (Å²) >= 11 is 0. The molecule has 0 aromatic rings. The number of unbranched alkanes of at least 4 members (excludes halogenated alkanes) is 1. The van der Waals surface area contributed by atoms with Crippen molar-refractivity contribution in [2.45, 2.75) is 71.3 Å². The Morgan fingerprint density at radius 2 is 2.06 bits per heavy atom. The molecule has 2 nitrogen and oxygen atoms in total. The molecule has 0 heterocycles. The average molecular weight is 249 g/mol. The zero-order chi connectivity index (χ0) is 13.4. The van der Waals surface area contributed by atoms with Gasteiger partial charge in [-0.15, -0.1) is 12.3 Å². The van der Waals surface area contributed by atoms with E-state index in [0.29, 0.717) is 6.42 Å². The standard InChI is InChI=1S/C16H27NO/c1-4-6-8-14-9-11-15(12-10-14)16(18)17-13(3)7-5-2/h2,13-15H,4,6-12H2,1,3H3,(H,17,18). The molecule has 2 heteroatoms. The van der Waals surface area contributed by atoms with Gasteiger partial charge in [-0.1, -0.05) is 26.2 Å². The second kappa shape index (κ2) is 8.19. The van der Waals surface area contributed by atoms with Crippen LogP contribution in [-0.2, 0) is 4.79 Å². The maximum atomic E-state index is 12.0. The Morgan fingerprint density at radius 3 is 2.61 bits per heavy atom. The number of hydrogen-bond acceptors (Lipinski definition) is 1. The Bertz CT molecular complexity index is 284. The van der Waals surface area contributed by atoms with Crippen molar-refractivity contribution < 1.29 is 4.79 Å². The highest BCUT2D eigenvalue weighted by molar-refractivity contribution is 5.79. The molecule has 1 aliphatic carbocycles. The van der Waals surface area contributed by atoms with E-state index >= 15 is 0 Å². The summed E-state index contributed by atoms with van der Waals surface area (Å²) in [5, 5.41) is 3.03. The van der Waals surface area contributed by atoms with E-state index < -0.39 is 0 Å². The molecule has 1 aliphatic rings. The summed E-state index contributed by atoms with van der Waals surface area (Å²) in [5.41, 5.74) is 0. The van der Waals surface area contributed by atoms with Crippen molar-refractivity contribution >= 4 is 5.91 Å². The predicted molar refractivity (Wildman–Crippen MR) is 76.0 cm³/mol. The molecule has 0 spiro atoms. The molecule has 0 radical (unpaired) electrons. The molecule has 1 atom stereocenters. The lowest BCUT2D eigenvalue weighted by Crippen LogP contribution is -2.38. The zero-order valence-corrected chi connectivity index (χ0v) is 11.9. The molecule has 1 fully saturated rings. The Hall–Kier alpha value is -0.970. The van der Waals surface area contributed by atoms with Crippen LogP contribution in [0.1, 0.15) is 65.2 Å². The van der Waals surface area contributed by atoms with Crippen LogP contribution in [0.25, 0.3) is 0 Å². The van der Waals surface area contributed by atoms with Gasteiger partial charge in [-0.3, -0.25) is 4.79 Å². The lowest BCUT2D eigenvalue weighted by Gasteiger charge is -2.28. The third-order valence-electron chi connectivity index (χ3n) is 4.00. The Balaban J connectivity index is 2.25. The van der Waals surface area contributed by atoms with E-state index in [1.165, 1.54) is 32.1 Å². The molecule has 0 saturated heterocycles. The van der Waals surface area contributed by atoms with Gasteiger partial charge < -0.3 is 5.32 Å². The normalized spacial score (nSPS) is 25.2. The van der Waals surface area contributed by atoms with E-state index in [-0.39, 0.29) is 17.9 Å². The summed E-state index contributed by atoms with van der Waals surface area (Å²) in [6, 6.07) is 0.111. The van der Waals surface area contributed by atoms with Gasteiger partial charge in [0.25, 0.3) is 0 Å². The molecule has 1 unspecified atom stereocenters. The molecular weight excluding hydrogens is 222 g/mol. The van der Waals surface area contributed by atoms with E-state index in [4.69, 9.17) is 6.42 Å². The molecule has 0 bridgehead atoms. The van der Waals surface area contributed by atoms with Gasteiger partial charge in [0, 0.05) is 18.4 Å². The van der Waals surface area contributed by atoms with E-state index in [1.54, 1.807) is 0 Å². The third kappa shape index (κ3) is 5.12. The topological polar surface area (TPSA) is 29.1 Å². The lowest BCUT2D eigenvalue weighted by molar-refractivity contribution is -0.126. The van der Waals surface area contributed by atoms with Crippen molar-refractivity contribution in [2.75, 3.05) is 0 Å². The molecule has 102 valence electrons. The number of amides is 1. The summed E-state index contributed by atoms with van der Waals surface area (Å²) in [6.45, 7) is 4.22. The van der Waals surface area contributed by atoms with Gasteiger partial charge in [0.2, 0.25) is 5.91 Å². The van der Waals surface area contributed by atoms with Crippen LogP contribution in [0.15, 0.2) is 0 Å². The number of terminal acetylenes is 1. The van der Waals surface area contributed by atoms with E-state index in [9.17, 15) is 4.79 Å². The van der Waals surface area contributed by atoms with E-state index in [1.807, 2.05) is 6.92 Å². The Morgan fingerprint density at radius 1 is 1.39 bits per heavy atom. The highest BCUT2D eigenvalue weighted by Crippen LogP contribution is 2.31. The number of carbonyl (C=O) groups is 1. The van der Waals surface area contributed by atoms with Crippen molar-refractivity contribution in [3.63, 3.8) is 0 Å². The van der Waals surface area contributed by atoms with E-state index in [2.05, 4.69) is 18.2 Å². The lowest BCUT2D eigenvalue weighted by atomic mass is 9.79. The van der Waals surface area contributed by atoms with Crippen LogP contribution >= 0.6 is 0 Å². The summed E-state index contributed by atoms with van der Waals surface area (Å²) in [4.78, 5) is 12.0.